The zero-order valence-electron chi connectivity index (χ0n) is 21.9. The van der Waals surface area contributed by atoms with Crippen molar-refractivity contribution >= 4 is 28.7 Å². The van der Waals surface area contributed by atoms with Gasteiger partial charge in [-0.25, -0.2) is 13.9 Å². The molecule has 1 saturated heterocycles. The summed E-state index contributed by atoms with van der Waals surface area (Å²) in [5.41, 5.74) is 2.55. The lowest BCUT2D eigenvalue weighted by Crippen LogP contribution is -2.45. The number of benzene rings is 1. The first-order valence-electron chi connectivity index (χ1n) is 12.6. The van der Waals surface area contributed by atoms with E-state index in [0.717, 1.165) is 38.3 Å². The van der Waals surface area contributed by atoms with Gasteiger partial charge in [-0.15, -0.1) is 0 Å². The highest BCUT2D eigenvalue weighted by Crippen LogP contribution is 2.33. The summed E-state index contributed by atoms with van der Waals surface area (Å²) in [6, 6.07) is 7.20. The number of amides is 1. The maximum atomic E-state index is 15.0. The fourth-order valence-corrected chi connectivity index (χ4v) is 4.66. The summed E-state index contributed by atoms with van der Waals surface area (Å²) < 4.78 is 28.5. The molecule has 0 saturated carbocycles. The number of carbonyl (C=O) groups excluding carboxylic acids is 1. The molecule has 1 fully saturated rings. The summed E-state index contributed by atoms with van der Waals surface area (Å²) in [6.45, 7) is 9.13. The number of anilines is 1. The molecule has 0 unspecified atom stereocenters. The second-order valence-corrected chi connectivity index (χ2v) is 9.88. The second kappa shape index (κ2) is 11.5. The van der Waals surface area contributed by atoms with E-state index in [4.69, 9.17) is 21.1 Å². The Balaban J connectivity index is 1.27. The molecule has 4 aromatic rings. The Bertz CT molecular complexity index is 1480. The van der Waals surface area contributed by atoms with Gasteiger partial charge in [-0.1, -0.05) is 11.6 Å². The molecule has 1 N–H and O–H groups in total. The van der Waals surface area contributed by atoms with E-state index in [1.165, 1.54) is 24.5 Å². The van der Waals surface area contributed by atoms with Crippen molar-refractivity contribution in [3.63, 3.8) is 0 Å². The van der Waals surface area contributed by atoms with Crippen LogP contribution < -0.4 is 14.8 Å². The Kier molecular flexibility index (Phi) is 7.92. The quantitative estimate of drug-likeness (QED) is 0.324. The van der Waals surface area contributed by atoms with Crippen LogP contribution in [0, 0.1) is 19.7 Å². The number of aromatic nitrogens is 4. The van der Waals surface area contributed by atoms with E-state index in [2.05, 4.69) is 37.2 Å². The molecule has 1 aliphatic rings. The zero-order chi connectivity index (χ0) is 27.5. The molecule has 4 heterocycles. The lowest BCUT2D eigenvalue weighted by Gasteiger charge is -2.32. The molecule has 12 heteroatoms. The van der Waals surface area contributed by atoms with Crippen LogP contribution in [0.3, 0.4) is 0 Å². The van der Waals surface area contributed by atoms with Crippen LogP contribution in [0.1, 0.15) is 21.6 Å². The number of likely N-dealkylation sites (N-methyl/N-ethyl adjacent to an activating group) is 1. The molecule has 0 atom stereocenters. The number of nitrogens with one attached hydrogen (secondary N) is 1. The van der Waals surface area contributed by atoms with Gasteiger partial charge in [0, 0.05) is 61.3 Å². The normalized spacial score (nSPS) is 14.5. The van der Waals surface area contributed by atoms with Crippen molar-refractivity contribution in [2.75, 3.05) is 51.7 Å². The van der Waals surface area contributed by atoms with E-state index < -0.39 is 11.7 Å². The molecule has 0 aliphatic carbocycles. The van der Waals surface area contributed by atoms with Crippen molar-refractivity contribution in [2.45, 2.75) is 13.8 Å². The summed E-state index contributed by atoms with van der Waals surface area (Å²) in [5.74, 6) is -0.290. The molecule has 39 heavy (non-hydrogen) atoms. The minimum absolute atomic E-state index is 0.0467. The van der Waals surface area contributed by atoms with Crippen LogP contribution in [0.15, 0.2) is 42.9 Å². The Morgan fingerprint density at radius 3 is 2.67 bits per heavy atom. The number of hydrogen-bond donors (Lipinski definition) is 1. The number of hydrogen-bond acceptors (Lipinski definition) is 8. The first-order chi connectivity index (χ1) is 18.8. The SMILES string of the molecule is Cc1cc(C(=O)Nc2ccc(Oc3ncnn4cc(OCCN5CCN(C)CC5)c(C)c34)c(F)c2)cc(Cl)n1. The van der Waals surface area contributed by atoms with Crippen LogP contribution in [-0.4, -0.2) is 81.7 Å². The summed E-state index contributed by atoms with van der Waals surface area (Å²) in [5, 5.41) is 7.12. The predicted molar refractivity (Wildman–Crippen MR) is 146 cm³/mol. The summed E-state index contributed by atoms with van der Waals surface area (Å²) in [4.78, 5) is 25.5. The Labute approximate surface area is 230 Å². The Morgan fingerprint density at radius 1 is 1.13 bits per heavy atom. The molecule has 1 aliphatic heterocycles. The van der Waals surface area contributed by atoms with Gasteiger partial charge in [0.25, 0.3) is 5.91 Å². The van der Waals surface area contributed by atoms with Gasteiger partial charge in [-0.05, 0) is 45.2 Å². The van der Waals surface area contributed by atoms with Crippen molar-refractivity contribution < 1.29 is 18.7 Å². The summed E-state index contributed by atoms with van der Waals surface area (Å²) in [7, 11) is 2.13. The van der Waals surface area contributed by atoms with Crippen LogP contribution in [0.5, 0.6) is 17.4 Å². The molecule has 0 spiro atoms. The average Bonchev–Trinajstić information content (AvgIpc) is 3.22. The molecule has 3 aromatic heterocycles. The highest BCUT2D eigenvalue weighted by atomic mass is 35.5. The average molecular weight is 554 g/mol. The molecular weight excluding hydrogens is 525 g/mol. The summed E-state index contributed by atoms with van der Waals surface area (Å²) >= 11 is 5.94. The minimum Gasteiger partial charge on any atom is -0.490 e. The number of nitrogens with zero attached hydrogens (tertiary/aromatic N) is 6. The lowest BCUT2D eigenvalue weighted by molar-refractivity contribution is 0.102. The molecule has 0 bridgehead atoms. The second-order valence-electron chi connectivity index (χ2n) is 9.49. The number of carbonyl (C=O) groups is 1. The van der Waals surface area contributed by atoms with Crippen molar-refractivity contribution in [1.29, 1.82) is 0 Å². The number of aryl methyl sites for hydroxylation is 2. The highest BCUT2D eigenvalue weighted by Gasteiger charge is 2.19. The van der Waals surface area contributed by atoms with Crippen molar-refractivity contribution in [1.82, 2.24) is 29.4 Å². The molecule has 1 aromatic carbocycles. The molecule has 0 radical (unpaired) electrons. The highest BCUT2D eigenvalue weighted by molar-refractivity contribution is 6.29. The first-order valence-corrected chi connectivity index (χ1v) is 12.9. The van der Waals surface area contributed by atoms with Crippen LogP contribution in [0.2, 0.25) is 5.15 Å². The molecule has 5 rings (SSSR count). The first kappa shape index (κ1) is 26.8. The number of piperazine rings is 1. The van der Waals surface area contributed by atoms with Crippen LogP contribution in [0.25, 0.3) is 5.52 Å². The van der Waals surface area contributed by atoms with Gasteiger partial charge in [0.1, 0.15) is 29.4 Å². The van der Waals surface area contributed by atoms with Crippen molar-refractivity contribution in [3.8, 4) is 17.4 Å². The Morgan fingerprint density at radius 2 is 1.92 bits per heavy atom. The summed E-state index contributed by atoms with van der Waals surface area (Å²) in [6.07, 6.45) is 3.11. The van der Waals surface area contributed by atoms with E-state index in [0.29, 0.717) is 29.1 Å². The van der Waals surface area contributed by atoms with E-state index in [-0.39, 0.29) is 22.5 Å². The third-order valence-corrected chi connectivity index (χ3v) is 6.78. The third kappa shape index (κ3) is 6.27. The minimum atomic E-state index is -0.665. The molecule has 204 valence electrons. The maximum Gasteiger partial charge on any atom is 0.255 e. The lowest BCUT2D eigenvalue weighted by atomic mass is 10.2. The van der Waals surface area contributed by atoms with E-state index >= 15 is 4.39 Å². The number of halogens is 2. The van der Waals surface area contributed by atoms with Gasteiger partial charge in [-0.3, -0.25) is 9.69 Å². The van der Waals surface area contributed by atoms with Gasteiger partial charge in [0.15, 0.2) is 11.6 Å². The molecule has 1 amide bonds. The van der Waals surface area contributed by atoms with Gasteiger partial charge >= 0.3 is 0 Å². The topological polar surface area (TPSA) is 97.1 Å². The fourth-order valence-electron chi connectivity index (χ4n) is 4.41. The molecular formula is C27H29ClFN7O3. The van der Waals surface area contributed by atoms with Gasteiger partial charge in [0.2, 0.25) is 5.88 Å². The molecule has 10 nitrogen and oxygen atoms in total. The fraction of sp³-hybridized carbons (Fsp3) is 0.333. The smallest absolute Gasteiger partial charge is 0.255 e. The van der Waals surface area contributed by atoms with E-state index in [1.54, 1.807) is 29.8 Å². The number of fused-ring (bicyclic) bond motifs is 1. The maximum absolute atomic E-state index is 15.0. The van der Waals surface area contributed by atoms with Crippen LogP contribution >= 0.6 is 11.6 Å². The predicted octanol–water partition coefficient (Wildman–Crippen LogP) is 4.20. The van der Waals surface area contributed by atoms with Crippen molar-refractivity contribution in [2.24, 2.45) is 0 Å². The van der Waals surface area contributed by atoms with Crippen LogP contribution in [-0.2, 0) is 0 Å². The van der Waals surface area contributed by atoms with Gasteiger partial charge < -0.3 is 19.7 Å². The van der Waals surface area contributed by atoms with E-state index in [1.807, 2.05) is 6.92 Å². The number of rotatable bonds is 8. The Hall–Kier alpha value is -3.80. The zero-order valence-corrected chi connectivity index (χ0v) is 22.7. The third-order valence-electron chi connectivity index (χ3n) is 6.59. The number of ether oxygens (including phenoxy) is 2. The number of pyridine rings is 1. The standard InChI is InChI=1S/C27H29ClFN7O3/c1-17-12-19(13-24(28)32-17)26(37)33-20-4-5-22(21(29)14-20)39-27-25-18(2)23(15-36(25)31-16-30-27)38-11-10-35-8-6-34(3)7-9-35/h4-5,12-16H,6-11H2,1-3H3,(H,33,37). The van der Waals surface area contributed by atoms with Gasteiger partial charge in [0.05, 0.1) is 6.20 Å². The largest absolute Gasteiger partial charge is 0.490 e. The van der Waals surface area contributed by atoms with E-state index in [9.17, 15) is 4.79 Å². The van der Waals surface area contributed by atoms with Gasteiger partial charge in [-0.2, -0.15) is 10.1 Å². The monoisotopic (exact) mass is 553 g/mol. The van der Waals surface area contributed by atoms with Crippen molar-refractivity contribution in [3.05, 3.63) is 70.6 Å². The van der Waals surface area contributed by atoms with Crippen LogP contribution in [0.4, 0.5) is 10.1 Å².